The van der Waals surface area contributed by atoms with Crippen LogP contribution in [0.25, 0.3) is 27.5 Å². The Morgan fingerprint density at radius 2 is 1.29 bits per heavy atom. The van der Waals surface area contributed by atoms with Crippen LogP contribution in [0.1, 0.15) is 20.7 Å². The third kappa shape index (κ3) is 1.57. The number of carbonyl (C=O) groups excluding carboxylic acids is 2. The second kappa shape index (κ2) is 4.55. The normalized spacial score (nSPS) is 13.5. The molecule has 2 heterocycles. The highest BCUT2D eigenvalue weighted by molar-refractivity contribution is 6.23. The second-order valence-electron chi connectivity index (χ2n) is 5.85. The number of para-hydroxylation sites is 2. The van der Waals surface area contributed by atoms with E-state index in [1.807, 2.05) is 48.5 Å². The molecule has 1 aliphatic heterocycles. The van der Waals surface area contributed by atoms with E-state index in [4.69, 9.17) is 0 Å². The van der Waals surface area contributed by atoms with Crippen molar-refractivity contribution >= 4 is 33.6 Å². The lowest BCUT2D eigenvalue weighted by Crippen LogP contribution is -2.20. The maximum Gasteiger partial charge on any atom is 0.261 e. The molecule has 114 valence electrons. The topological polar surface area (TPSA) is 51.1 Å². The fourth-order valence-electron chi connectivity index (χ4n) is 3.57. The van der Waals surface area contributed by atoms with Crippen molar-refractivity contribution in [3.63, 3.8) is 0 Å². The van der Waals surface area contributed by atoms with Crippen molar-refractivity contribution < 1.29 is 9.59 Å². The molecule has 0 aliphatic carbocycles. The number of rotatable bonds is 1. The zero-order valence-electron chi connectivity index (χ0n) is 12.6. The van der Waals surface area contributed by atoms with E-state index in [-0.39, 0.29) is 11.8 Å². The molecule has 0 saturated heterocycles. The number of nitrogens with one attached hydrogen (secondary N) is 1. The van der Waals surface area contributed by atoms with E-state index >= 15 is 0 Å². The predicted molar refractivity (Wildman–Crippen MR) is 92.6 cm³/mol. The third-order valence-electron chi connectivity index (χ3n) is 4.56. The summed E-state index contributed by atoms with van der Waals surface area (Å²) < 4.78 is 2.06. The molecule has 0 atom stereocenters. The van der Waals surface area contributed by atoms with Crippen LogP contribution in [-0.4, -0.2) is 16.4 Å². The van der Waals surface area contributed by atoms with E-state index in [1.54, 1.807) is 6.07 Å². The van der Waals surface area contributed by atoms with Crippen LogP contribution >= 0.6 is 0 Å². The number of fused-ring (bicyclic) bond motifs is 4. The molecule has 0 unspecified atom stereocenters. The van der Waals surface area contributed by atoms with E-state index < -0.39 is 0 Å². The molecule has 0 radical (unpaired) electrons. The highest BCUT2D eigenvalue weighted by atomic mass is 16.2. The maximum absolute atomic E-state index is 12.3. The molecule has 4 heteroatoms. The molecule has 3 aromatic carbocycles. The van der Waals surface area contributed by atoms with E-state index in [9.17, 15) is 9.59 Å². The van der Waals surface area contributed by atoms with Crippen LogP contribution in [0.5, 0.6) is 0 Å². The van der Waals surface area contributed by atoms with Crippen molar-refractivity contribution in [3.05, 3.63) is 77.9 Å². The zero-order valence-corrected chi connectivity index (χ0v) is 12.6. The summed E-state index contributed by atoms with van der Waals surface area (Å²) in [4.78, 5) is 24.3. The number of imide groups is 1. The van der Waals surface area contributed by atoms with Gasteiger partial charge in [0, 0.05) is 10.8 Å². The Morgan fingerprint density at radius 1 is 0.667 bits per heavy atom. The summed E-state index contributed by atoms with van der Waals surface area (Å²) in [7, 11) is 0. The number of hydrogen-bond acceptors (Lipinski definition) is 2. The first-order valence-corrected chi connectivity index (χ1v) is 7.73. The van der Waals surface area contributed by atoms with Crippen molar-refractivity contribution in [1.82, 2.24) is 9.88 Å². The van der Waals surface area contributed by atoms with Crippen molar-refractivity contribution in [3.8, 4) is 5.69 Å². The van der Waals surface area contributed by atoms with Crippen LogP contribution in [0.3, 0.4) is 0 Å². The van der Waals surface area contributed by atoms with Gasteiger partial charge in [-0.15, -0.1) is 0 Å². The minimum absolute atomic E-state index is 0.336. The van der Waals surface area contributed by atoms with Gasteiger partial charge >= 0.3 is 0 Å². The molecular formula is C20H12N2O2. The molecule has 1 aliphatic rings. The molecule has 5 rings (SSSR count). The molecule has 0 saturated carbocycles. The smallest absolute Gasteiger partial charge is 0.261 e. The standard InChI is InChI=1S/C20H12N2O2/c23-19-14-8-5-11-17(18(14)20(24)21-19)22-15-9-3-1-6-12(15)13-7-2-4-10-16(13)22/h1-11H,(H,21,23,24). The first-order chi connectivity index (χ1) is 11.8. The van der Waals surface area contributed by atoms with Crippen LogP contribution in [0, 0.1) is 0 Å². The van der Waals surface area contributed by atoms with E-state index in [1.165, 1.54) is 0 Å². The average molecular weight is 312 g/mol. The minimum Gasteiger partial charge on any atom is -0.308 e. The molecule has 4 nitrogen and oxygen atoms in total. The maximum atomic E-state index is 12.3. The van der Waals surface area contributed by atoms with Crippen LogP contribution in [0.15, 0.2) is 66.7 Å². The van der Waals surface area contributed by atoms with E-state index in [0.717, 1.165) is 27.5 Å². The van der Waals surface area contributed by atoms with Gasteiger partial charge in [-0.05, 0) is 24.3 Å². The van der Waals surface area contributed by atoms with Crippen LogP contribution in [0.4, 0.5) is 0 Å². The monoisotopic (exact) mass is 312 g/mol. The van der Waals surface area contributed by atoms with Crippen LogP contribution in [0.2, 0.25) is 0 Å². The van der Waals surface area contributed by atoms with E-state index in [2.05, 4.69) is 22.0 Å². The van der Waals surface area contributed by atoms with Crippen molar-refractivity contribution in [2.24, 2.45) is 0 Å². The molecule has 4 aromatic rings. The van der Waals surface area contributed by atoms with Gasteiger partial charge in [-0.3, -0.25) is 14.9 Å². The average Bonchev–Trinajstić information content (AvgIpc) is 3.10. The van der Waals surface area contributed by atoms with Crippen molar-refractivity contribution in [2.45, 2.75) is 0 Å². The van der Waals surface area contributed by atoms with Crippen molar-refractivity contribution in [1.29, 1.82) is 0 Å². The lowest BCUT2D eigenvalue weighted by molar-refractivity contribution is 0.0879. The Kier molecular flexibility index (Phi) is 2.48. The first kappa shape index (κ1) is 13.1. The van der Waals surface area contributed by atoms with Gasteiger partial charge in [0.2, 0.25) is 0 Å². The molecule has 24 heavy (non-hydrogen) atoms. The fourth-order valence-corrected chi connectivity index (χ4v) is 3.57. The Bertz CT molecular complexity index is 1120. The lowest BCUT2D eigenvalue weighted by atomic mass is 10.1. The summed E-state index contributed by atoms with van der Waals surface area (Å²) in [5.74, 6) is -0.676. The number of hydrogen-bond donors (Lipinski definition) is 1. The third-order valence-corrected chi connectivity index (χ3v) is 4.56. The molecule has 0 bridgehead atoms. The fraction of sp³-hybridized carbons (Fsp3) is 0. The second-order valence-corrected chi connectivity index (χ2v) is 5.85. The van der Waals surface area contributed by atoms with Gasteiger partial charge in [-0.25, -0.2) is 0 Å². The summed E-state index contributed by atoms with van der Waals surface area (Å²) in [6, 6.07) is 21.6. The first-order valence-electron chi connectivity index (χ1n) is 7.73. The summed E-state index contributed by atoms with van der Waals surface area (Å²) in [6.07, 6.45) is 0. The Balaban J connectivity index is 1.98. The lowest BCUT2D eigenvalue weighted by Gasteiger charge is -2.10. The summed E-state index contributed by atoms with van der Waals surface area (Å²) >= 11 is 0. The van der Waals surface area contributed by atoms with E-state index in [0.29, 0.717) is 11.1 Å². The van der Waals surface area contributed by atoms with Gasteiger partial charge in [0.25, 0.3) is 11.8 Å². The summed E-state index contributed by atoms with van der Waals surface area (Å²) in [6.45, 7) is 0. The largest absolute Gasteiger partial charge is 0.308 e. The highest BCUT2D eigenvalue weighted by Crippen LogP contribution is 2.34. The molecule has 1 aromatic heterocycles. The predicted octanol–water partition coefficient (Wildman–Crippen LogP) is 3.67. The van der Waals surface area contributed by atoms with Gasteiger partial charge in [0.1, 0.15) is 0 Å². The number of amides is 2. The van der Waals surface area contributed by atoms with Gasteiger partial charge in [-0.2, -0.15) is 0 Å². The van der Waals surface area contributed by atoms with Crippen LogP contribution < -0.4 is 5.32 Å². The Morgan fingerprint density at radius 3 is 1.96 bits per heavy atom. The Hall–Kier alpha value is -3.40. The molecule has 0 fully saturated rings. The highest BCUT2D eigenvalue weighted by Gasteiger charge is 2.30. The quantitative estimate of drug-likeness (QED) is 0.545. The molecular weight excluding hydrogens is 300 g/mol. The summed E-state index contributed by atoms with van der Waals surface area (Å²) in [5, 5.41) is 4.63. The number of carbonyl (C=O) groups is 2. The molecule has 0 spiro atoms. The Labute approximate surface area is 137 Å². The van der Waals surface area contributed by atoms with Gasteiger partial charge in [0.15, 0.2) is 0 Å². The van der Waals surface area contributed by atoms with Gasteiger partial charge in [0.05, 0.1) is 27.8 Å². The zero-order chi connectivity index (χ0) is 16.3. The van der Waals surface area contributed by atoms with Crippen molar-refractivity contribution in [2.75, 3.05) is 0 Å². The molecule has 1 N–H and O–H groups in total. The number of benzene rings is 3. The van der Waals surface area contributed by atoms with Gasteiger partial charge < -0.3 is 4.57 Å². The number of aromatic nitrogens is 1. The SMILES string of the molecule is O=C1NC(=O)c2c1cccc2-n1c2ccccc2c2ccccc21. The minimum atomic E-state index is -0.340. The van der Waals surface area contributed by atoms with Crippen LogP contribution in [-0.2, 0) is 0 Å². The molecule has 2 amide bonds. The van der Waals surface area contributed by atoms with Gasteiger partial charge in [-0.1, -0.05) is 42.5 Å². The number of nitrogens with zero attached hydrogens (tertiary/aromatic N) is 1. The summed E-state index contributed by atoms with van der Waals surface area (Å²) in [5.41, 5.74) is 3.63.